The van der Waals surface area contributed by atoms with E-state index in [-0.39, 0.29) is 0 Å². The van der Waals surface area contributed by atoms with Gasteiger partial charge in [0.25, 0.3) is 0 Å². The van der Waals surface area contributed by atoms with Crippen LogP contribution in [-0.2, 0) is 0 Å². The van der Waals surface area contributed by atoms with Crippen LogP contribution in [0.2, 0.25) is 0 Å². The number of hydrogen-bond donors (Lipinski definition) is 2. The zero-order valence-corrected chi connectivity index (χ0v) is 10.6. The first-order valence-corrected chi connectivity index (χ1v) is 7.18. The summed E-state index contributed by atoms with van der Waals surface area (Å²) in [5.41, 5.74) is 4.39. The summed E-state index contributed by atoms with van der Waals surface area (Å²) in [7, 11) is 0. The van der Waals surface area contributed by atoms with E-state index in [2.05, 4.69) is 35.9 Å². The Hall–Kier alpha value is -0.510. The molecule has 16 heavy (non-hydrogen) atoms. The number of thioether (sulfide) groups is 1. The van der Waals surface area contributed by atoms with Gasteiger partial charge in [-0.15, -0.1) is 11.8 Å². The number of nitrogens with one attached hydrogen (secondary N) is 1. The number of hydrogen-bond acceptors (Lipinski definition) is 3. The van der Waals surface area contributed by atoms with Crippen molar-refractivity contribution in [1.82, 2.24) is 5.43 Å². The van der Waals surface area contributed by atoms with Crippen LogP contribution in [-0.4, -0.2) is 6.26 Å². The molecule has 3 heteroatoms. The maximum atomic E-state index is 5.75. The third-order valence-electron chi connectivity index (χ3n) is 3.52. The van der Waals surface area contributed by atoms with Crippen LogP contribution in [0.15, 0.2) is 29.2 Å². The van der Waals surface area contributed by atoms with Gasteiger partial charge in [0.2, 0.25) is 0 Å². The third-order valence-corrected chi connectivity index (χ3v) is 4.34. The Labute approximate surface area is 102 Å². The normalized spacial score (nSPS) is 18.9. The predicted octanol–water partition coefficient (Wildman–Crippen LogP) is 3.10. The van der Waals surface area contributed by atoms with Crippen molar-refractivity contribution in [2.45, 2.75) is 36.6 Å². The van der Waals surface area contributed by atoms with Crippen LogP contribution in [0.3, 0.4) is 0 Å². The standard InChI is InChI=1S/C13H20N2S/c1-16-12-9-5-4-8-11(12)13(15-14)10-6-2-3-7-10/h4-5,8-10,13,15H,2-3,6-7,14H2,1H3. The zero-order chi connectivity index (χ0) is 11.4. The summed E-state index contributed by atoms with van der Waals surface area (Å²) in [4.78, 5) is 1.34. The van der Waals surface area contributed by atoms with E-state index in [1.54, 1.807) is 11.8 Å². The van der Waals surface area contributed by atoms with Crippen LogP contribution in [0.25, 0.3) is 0 Å². The van der Waals surface area contributed by atoms with Crippen LogP contribution in [0.5, 0.6) is 0 Å². The topological polar surface area (TPSA) is 38.0 Å². The Kier molecular flexibility index (Phi) is 4.27. The largest absolute Gasteiger partial charge is 0.271 e. The second-order valence-corrected chi connectivity index (χ2v) is 5.28. The Balaban J connectivity index is 2.24. The van der Waals surface area contributed by atoms with E-state index in [0.717, 1.165) is 0 Å². The van der Waals surface area contributed by atoms with E-state index in [0.29, 0.717) is 12.0 Å². The predicted molar refractivity (Wildman–Crippen MR) is 70.2 cm³/mol. The fourth-order valence-electron chi connectivity index (χ4n) is 2.69. The molecule has 1 atom stereocenters. The molecule has 1 aliphatic rings. The summed E-state index contributed by atoms with van der Waals surface area (Å²) < 4.78 is 0. The average molecular weight is 236 g/mol. The van der Waals surface area contributed by atoms with Crippen molar-refractivity contribution in [1.29, 1.82) is 0 Å². The van der Waals surface area contributed by atoms with E-state index >= 15 is 0 Å². The molecule has 0 amide bonds. The van der Waals surface area contributed by atoms with E-state index in [1.807, 2.05) is 0 Å². The molecule has 0 radical (unpaired) electrons. The first-order valence-electron chi connectivity index (χ1n) is 5.96. The lowest BCUT2D eigenvalue weighted by Crippen LogP contribution is -2.33. The van der Waals surface area contributed by atoms with Crippen LogP contribution < -0.4 is 11.3 Å². The van der Waals surface area contributed by atoms with Gasteiger partial charge in [0.05, 0.1) is 0 Å². The minimum Gasteiger partial charge on any atom is -0.271 e. The number of nitrogens with two attached hydrogens (primary N) is 1. The molecule has 3 N–H and O–H groups in total. The summed E-state index contributed by atoms with van der Waals surface area (Å²) in [5.74, 6) is 6.46. The van der Waals surface area contributed by atoms with Crippen molar-refractivity contribution in [3.05, 3.63) is 29.8 Å². The van der Waals surface area contributed by atoms with Crippen molar-refractivity contribution in [2.24, 2.45) is 11.8 Å². The van der Waals surface area contributed by atoms with Crippen molar-refractivity contribution < 1.29 is 0 Å². The molecule has 1 aromatic rings. The van der Waals surface area contributed by atoms with Crippen molar-refractivity contribution in [2.75, 3.05) is 6.26 Å². The first kappa shape index (κ1) is 12.0. The summed E-state index contributed by atoms with van der Waals surface area (Å²) in [6.45, 7) is 0. The number of hydrazine groups is 1. The van der Waals surface area contributed by atoms with E-state index in [4.69, 9.17) is 5.84 Å². The smallest absolute Gasteiger partial charge is 0.0499 e. The maximum absolute atomic E-state index is 5.75. The van der Waals surface area contributed by atoms with Crippen LogP contribution in [0.1, 0.15) is 37.3 Å². The molecule has 1 aliphatic carbocycles. The van der Waals surface area contributed by atoms with Crippen molar-refractivity contribution >= 4 is 11.8 Å². The van der Waals surface area contributed by atoms with Gasteiger partial charge in [-0.25, -0.2) is 0 Å². The molecule has 1 fully saturated rings. The van der Waals surface area contributed by atoms with Gasteiger partial charge in [-0.1, -0.05) is 31.0 Å². The Bertz CT molecular complexity index is 334. The highest BCUT2D eigenvalue weighted by Crippen LogP contribution is 2.38. The van der Waals surface area contributed by atoms with Crippen LogP contribution in [0.4, 0.5) is 0 Å². The van der Waals surface area contributed by atoms with Crippen LogP contribution in [0, 0.1) is 5.92 Å². The molecular weight excluding hydrogens is 216 g/mol. The summed E-state index contributed by atoms with van der Waals surface area (Å²) in [6, 6.07) is 8.91. The van der Waals surface area contributed by atoms with Gasteiger partial charge in [-0.3, -0.25) is 11.3 Å². The monoisotopic (exact) mass is 236 g/mol. The molecule has 2 nitrogen and oxygen atoms in total. The van der Waals surface area contributed by atoms with Gasteiger partial charge in [-0.2, -0.15) is 0 Å². The molecular formula is C13H20N2S. The van der Waals surface area contributed by atoms with Gasteiger partial charge < -0.3 is 0 Å². The minimum atomic E-state index is 0.325. The molecule has 1 aromatic carbocycles. The molecule has 0 aromatic heterocycles. The fourth-order valence-corrected chi connectivity index (χ4v) is 3.34. The van der Waals surface area contributed by atoms with Gasteiger partial charge in [0, 0.05) is 10.9 Å². The van der Waals surface area contributed by atoms with Gasteiger partial charge >= 0.3 is 0 Å². The second kappa shape index (κ2) is 5.71. The fraction of sp³-hybridized carbons (Fsp3) is 0.538. The van der Waals surface area contributed by atoms with Gasteiger partial charge in [0.15, 0.2) is 0 Å². The summed E-state index contributed by atoms with van der Waals surface area (Å²) >= 11 is 1.80. The Morgan fingerprint density at radius 1 is 1.31 bits per heavy atom. The molecule has 1 unspecified atom stereocenters. The second-order valence-electron chi connectivity index (χ2n) is 4.43. The Morgan fingerprint density at radius 3 is 2.62 bits per heavy atom. The maximum Gasteiger partial charge on any atom is 0.0499 e. The van der Waals surface area contributed by atoms with Gasteiger partial charge in [0.1, 0.15) is 0 Å². The van der Waals surface area contributed by atoms with Crippen molar-refractivity contribution in [3.8, 4) is 0 Å². The molecule has 88 valence electrons. The van der Waals surface area contributed by atoms with Gasteiger partial charge in [-0.05, 0) is 36.6 Å². The summed E-state index contributed by atoms with van der Waals surface area (Å²) in [6.07, 6.45) is 7.44. The molecule has 0 spiro atoms. The molecule has 0 bridgehead atoms. The quantitative estimate of drug-likeness (QED) is 0.479. The van der Waals surface area contributed by atoms with Crippen LogP contribution >= 0.6 is 11.8 Å². The number of rotatable bonds is 4. The lowest BCUT2D eigenvalue weighted by Gasteiger charge is -2.24. The first-order chi connectivity index (χ1) is 7.86. The molecule has 0 aliphatic heterocycles. The van der Waals surface area contributed by atoms with E-state index < -0.39 is 0 Å². The highest BCUT2D eigenvalue weighted by molar-refractivity contribution is 7.98. The highest BCUT2D eigenvalue weighted by atomic mass is 32.2. The third kappa shape index (κ3) is 2.42. The molecule has 1 saturated carbocycles. The molecule has 0 saturated heterocycles. The average Bonchev–Trinajstić information content (AvgIpc) is 2.84. The van der Waals surface area contributed by atoms with E-state index in [9.17, 15) is 0 Å². The lowest BCUT2D eigenvalue weighted by atomic mass is 9.92. The van der Waals surface area contributed by atoms with Crippen molar-refractivity contribution in [3.63, 3.8) is 0 Å². The zero-order valence-electron chi connectivity index (χ0n) is 9.78. The molecule has 0 heterocycles. The SMILES string of the molecule is CSc1ccccc1C(NN)C1CCCC1. The van der Waals surface area contributed by atoms with E-state index in [1.165, 1.54) is 36.1 Å². The Morgan fingerprint density at radius 2 is 2.00 bits per heavy atom. The lowest BCUT2D eigenvalue weighted by molar-refractivity contribution is 0.369. The summed E-state index contributed by atoms with van der Waals surface area (Å²) in [5, 5.41) is 0. The molecule has 2 rings (SSSR count). The number of benzene rings is 1. The minimum absolute atomic E-state index is 0.325. The highest BCUT2D eigenvalue weighted by Gasteiger charge is 2.26.